The van der Waals surface area contributed by atoms with Gasteiger partial charge in [-0.3, -0.25) is 0 Å². The highest BCUT2D eigenvalue weighted by molar-refractivity contribution is 9.13. The molecule has 1 rings (SSSR count). The van der Waals surface area contributed by atoms with E-state index in [4.69, 9.17) is 0 Å². The Labute approximate surface area is 87.7 Å². The molecule has 0 aliphatic heterocycles. The van der Waals surface area contributed by atoms with Gasteiger partial charge in [0.25, 0.3) is 0 Å². The Bertz CT molecular complexity index is 277. The van der Waals surface area contributed by atoms with Gasteiger partial charge in [-0.1, -0.05) is 44.0 Å². The summed E-state index contributed by atoms with van der Waals surface area (Å²) >= 11 is 6.65. The highest BCUT2D eigenvalue weighted by atomic mass is 79.9. The van der Waals surface area contributed by atoms with E-state index in [-0.39, 0.29) is 5.82 Å². The molecule has 0 spiro atoms. The predicted molar refractivity (Wildman–Crippen MR) is 57.1 cm³/mol. The second-order valence-corrected chi connectivity index (χ2v) is 3.86. The molecule has 0 N–H and O–H groups in total. The second kappa shape index (κ2) is 4.77. The molecule has 0 aromatic heterocycles. The lowest BCUT2D eigenvalue weighted by Crippen LogP contribution is -1.76. The van der Waals surface area contributed by atoms with E-state index in [0.29, 0.717) is 0 Å². The molecule has 0 atom stereocenters. The van der Waals surface area contributed by atoms with Gasteiger partial charge >= 0.3 is 0 Å². The Morgan fingerprint density at radius 2 is 1.92 bits per heavy atom. The molecule has 0 radical (unpaired) electrons. The summed E-state index contributed by atoms with van der Waals surface area (Å²) in [5, 5.41) is 0.768. The van der Waals surface area contributed by atoms with Crippen LogP contribution in [0.2, 0.25) is 0 Å². The summed E-state index contributed by atoms with van der Waals surface area (Å²) in [7, 11) is 0. The average Bonchev–Trinajstić information content (AvgIpc) is 2.09. The van der Waals surface area contributed by atoms with Crippen molar-refractivity contribution in [1.82, 2.24) is 0 Å². The lowest BCUT2D eigenvalue weighted by molar-refractivity contribution is 0.628. The third-order valence-corrected chi connectivity index (χ3v) is 3.19. The van der Waals surface area contributed by atoms with Crippen LogP contribution in [0.15, 0.2) is 28.7 Å². The molecule has 12 heavy (non-hydrogen) atoms. The van der Waals surface area contributed by atoms with Gasteiger partial charge in [0.2, 0.25) is 0 Å². The number of alkyl halides is 1. The Morgan fingerprint density at radius 3 is 2.42 bits per heavy atom. The molecule has 0 nitrogen and oxygen atoms in total. The van der Waals surface area contributed by atoms with Crippen LogP contribution in [0.25, 0.3) is 6.08 Å². The molecule has 0 unspecified atom stereocenters. The van der Waals surface area contributed by atoms with E-state index in [1.165, 1.54) is 12.1 Å². The molecular formula is C9H7Br2F. The van der Waals surface area contributed by atoms with Gasteiger partial charge in [0.1, 0.15) is 5.82 Å². The van der Waals surface area contributed by atoms with E-state index in [0.717, 1.165) is 15.4 Å². The van der Waals surface area contributed by atoms with Gasteiger partial charge in [-0.05, 0) is 23.8 Å². The largest absolute Gasteiger partial charge is 0.207 e. The van der Waals surface area contributed by atoms with Crippen LogP contribution in [-0.2, 0) is 0 Å². The van der Waals surface area contributed by atoms with Crippen LogP contribution in [0.4, 0.5) is 4.39 Å². The molecule has 64 valence electrons. The lowest BCUT2D eigenvalue weighted by atomic mass is 10.2. The van der Waals surface area contributed by atoms with Gasteiger partial charge in [0.05, 0.1) is 0 Å². The number of rotatable bonds is 2. The van der Waals surface area contributed by atoms with E-state index < -0.39 is 0 Å². The maximum absolute atomic E-state index is 12.5. The summed E-state index contributed by atoms with van der Waals surface area (Å²) < 4.78 is 13.5. The zero-order valence-electron chi connectivity index (χ0n) is 6.23. The molecule has 0 aliphatic carbocycles. The molecule has 0 saturated carbocycles. The van der Waals surface area contributed by atoms with Crippen molar-refractivity contribution in [2.24, 2.45) is 0 Å². The smallest absolute Gasteiger partial charge is 0.123 e. The average molecular weight is 294 g/mol. The van der Waals surface area contributed by atoms with Crippen molar-refractivity contribution >= 4 is 37.9 Å². The van der Waals surface area contributed by atoms with Gasteiger partial charge in [-0.2, -0.15) is 0 Å². The first-order valence-corrected chi connectivity index (χ1v) is 5.31. The van der Waals surface area contributed by atoms with E-state index in [1.807, 2.05) is 6.08 Å². The summed E-state index contributed by atoms with van der Waals surface area (Å²) in [6.07, 6.45) is 1.94. The fourth-order valence-corrected chi connectivity index (χ4v) is 1.20. The van der Waals surface area contributed by atoms with Crippen molar-refractivity contribution in [1.29, 1.82) is 0 Å². The standard InChI is InChI=1S/C9H7Br2F/c10-6-8(11)5-7-1-3-9(12)4-2-7/h1-5H,6H2/b8-5-. The van der Waals surface area contributed by atoms with Crippen molar-refractivity contribution in [3.8, 4) is 0 Å². The van der Waals surface area contributed by atoms with Gasteiger partial charge in [-0.25, -0.2) is 4.39 Å². The zero-order chi connectivity index (χ0) is 8.97. The highest BCUT2D eigenvalue weighted by Gasteiger charge is 1.91. The number of hydrogen-bond donors (Lipinski definition) is 0. The quantitative estimate of drug-likeness (QED) is 0.724. The highest BCUT2D eigenvalue weighted by Crippen LogP contribution is 2.14. The van der Waals surface area contributed by atoms with Gasteiger partial charge < -0.3 is 0 Å². The van der Waals surface area contributed by atoms with Gasteiger partial charge in [0.15, 0.2) is 0 Å². The second-order valence-electron chi connectivity index (χ2n) is 2.28. The first-order chi connectivity index (χ1) is 5.72. The van der Waals surface area contributed by atoms with Crippen LogP contribution in [0.1, 0.15) is 5.56 Å². The van der Waals surface area contributed by atoms with Crippen molar-refractivity contribution in [3.63, 3.8) is 0 Å². The summed E-state index contributed by atoms with van der Waals surface area (Å²) in [6.45, 7) is 0. The Morgan fingerprint density at radius 1 is 1.33 bits per heavy atom. The molecule has 0 amide bonds. The SMILES string of the molecule is Fc1ccc(/C=C(\Br)CBr)cc1. The minimum atomic E-state index is -0.206. The van der Waals surface area contributed by atoms with E-state index in [2.05, 4.69) is 31.9 Å². The Hall–Kier alpha value is -0.150. The zero-order valence-corrected chi connectivity index (χ0v) is 9.40. The van der Waals surface area contributed by atoms with Crippen molar-refractivity contribution in [2.75, 3.05) is 5.33 Å². The summed E-state index contributed by atoms with van der Waals surface area (Å²) in [4.78, 5) is 0. The van der Waals surface area contributed by atoms with Crippen LogP contribution in [0.3, 0.4) is 0 Å². The van der Waals surface area contributed by atoms with Gasteiger partial charge in [0, 0.05) is 9.81 Å². The molecule has 1 aromatic carbocycles. The van der Waals surface area contributed by atoms with Gasteiger partial charge in [-0.15, -0.1) is 0 Å². The molecule has 0 fully saturated rings. The predicted octanol–water partition coefficient (Wildman–Crippen LogP) is 3.96. The molecular weight excluding hydrogens is 287 g/mol. The monoisotopic (exact) mass is 292 g/mol. The van der Waals surface area contributed by atoms with Crippen LogP contribution in [-0.4, -0.2) is 5.33 Å². The lowest BCUT2D eigenvalue weighted by Gasteiger charge is -1.94. The Kier molecular flexibility index (Phi) is 3.95. The first-order valence-electron chi connectivity index (χ1n) is 3.40. The third-order valence-electron chi connectivity index (χ3n) is 1.32. The molecule has 0 heterocycles. The Balaban J connectivity index is 2.84. The summed E-state index contributed by atoms with van der Waals surface area (Å²) in [6, 6.07) is 6.36. The first kappa shape index (κ1) is 9.93. The van der Waals surface area contributed by atoms with Crippen LogP contribution < -0.4 is 0 Å². The molecule has 0 saturated heterocycles. The number of benzene rings is 1. The minimum absolute atomic E-state index is 0.206. The number of halogens is 3. The maximum atomic E-state index is 12.5. The van der Waals surface area contributed by atoms with E-state index in [1.54, 1.807) is 12.1 Å². The van der Waals surface area contributed by atoms with Crippen LogP contribution in [0, 0.1) is 5.82 Å². The van der Waals surface area contributed by atoms with Crippen molar-refractivity contribution < 1.29 is 4.39 Å². The van der Waals surface area contributed by atoms with Crippen molar-refractivity contribution in [2.45, 2.75) is 0 Å². The topological polar surface area (TPSA) is 0 Å². The molecule has 1 aromatic rings. The van der Waals surface area contributed by atoms with Crippen LogP contribution in [0.5, 0.6) is 0 Å². The molecule has 3 heteroatoms. The fraction of sp³-hybridized carbons (Fsp3) is 0.111. The third kappa shape index (κ3) is 3.07. The number of allylic oxidation sites excluding steroid dienone is 1. The summed E-state index contributed by atoms with van der Waals surface area (Å²) in [5.74, 6) is -0.206. The maximum Gasteiger partial charge on any atom is 0.123 e. The van der Waals surface area contributed by atoms with Crippen LogP contribution >= 0.6 is 31.9 Å². The van der Waals surface area contributed by atoms with E-state index >= 15 is 0 Å². The molecule has 0 bridgehead atoms. The van der Waals surface area contributed by atoms with Crippen molar-refractivity contribution in [3.05, 3.63) is 40.1 Å². The summed E-state index contributed by atoms with van der Waals surface area (Å²) in [5.41, 5.74) is 0.989. The molecule has 0 aliphatic rings. The fourth-order valence-electron chi connectivity index (χ4n) is 0.778. The normalized spacial score (nSPS) is 11.8. The van der Waals surface area contributed by atoms with E-state index in [9.17, 15) is 4.39 Å². The number of hydrogen-bond acceptors (Lipinski definition) is 0. The minimum Gasteiger partial charge on any atom is -0.207 e.